The largest absolute Gasteiger partial charge is 0.354 e. The molecule has 0 radical (unpaired) electrons. The molecule has 0 aromatic rings. The van der Waals surface area contributed by atoms with Crippen molar-refractivity contribution in [3.63, 3.8) is 0 Å². The van der Waals surface area contributed by atoms with E-state index in [4.69, 9.17) is 0 Å². The number of rotatable bonds is 5. The van der Waals surface area contributed by atoms with Gasteiger partial charge in [-0.15, -0.1) is 0 Å². The van der Waals surface area contributed by atoms with Crippen LogP contribution in [0.1, 0.15) is 39.5 Å². The van der Waals surface area contributed by atoms with E-state index < -0.39 is 0 Å². The molecule has 2 fully saturated rings. The van der Waals surface area contributed by atoms with Gasteiger partial charge in [-0.25, -0.2) is 0 Å². The number of amides is 1. The van der Waals surface area contributed by atoms with E-state index in [1.165, 1.54) is 25.7 Å². The molecule has 2 aliphatic rings. The van der Waals surface area contributed by atoms with Crippen molar-refractivity contribution < 1.29 is 4.79 Å². The number of hydrogen-bond donors (Lipinski definition) is 2. The summed E-state index contributed by atoms with van der Waals surface area (Å²) in [5.74, 6) is 0.701. The predicted molar refractivity (Wildman–Crippen MR) is 77.9 cm³/mol. The number of carbonyl (C=O) groups is 1. The molecule has 1 aliphatic carbocycles. The van der Waals surface area contributed by atoms with E-state index in [0.717, 1.165) is 19.6 Å². The second-order valence-electron chi connectivity index (χ2n) is 6.33. The second kappa shape index (κ2) is 5.41. The number of hydrogen-bond acceptors (Lipinski definition) is 3. The Hall–Kier alpha value is -0.220. The molecule has 1 saturated carbocycles. The van der Waals surface area contributed by atoms with Gasteiger partial charge in [0.15, 0.2) is 0 Å². The van der Waals surface area contributed by atoms with Crippen LogP contribution in [0.5, 0.6) is 0 Å². The van der Waals surface area contributed by atoms with Gasteiger partial charge in [0, 0.05) is 16.7 Å². The van der Waals surface area contributed by atoms with Crippen LogP contribution in [-0.4, -0.2) is 36.5 Å². The fourth-order valence-electron chi connectivity index (χ4n) is 2.71. The molecule has 1 unspecified atom stereocenters. The van der Waals surface area contributed by atoms with Gasteiger partial charge >= 0.3 is 0 Å². The first-order valence-electron chi connectivity index (χ1n) is 7.04. The van der Waals surface area contributed by atoms with Crippen LogP contribution in [0.4, 0.5) is 0 Å². The first kappa shape index (κ1) is 14.2. The maximum absolute atomic E-state index is 12.4. The highest BCUT2D eigenvalue weighted by atomic mass is 32.2. The molecular weight excluding hydrogens is 244 g/mol. The summed E-state index contributed by atoms with van der Waals surface area (Å²) in [6, 6.07) is 0. The minimum Gasteiger partial charge on any atom is -0.354 e. The molecule has 0 aromatic carbocycles. The number of carbonyl (C=O) groups excluding carboxylic acids is 1. The summed E-state index contributed by atoms with van der Waals surface area (Å²) in [7, 11) is 0. The van der Waals surface area contributed by atoms with E-state index in [0.29, 0.717) is 10.7 Å². The van der Waals surface area contributed by atoms with Gasteiger partial charge in [-0.2, -0.15) is 11.8 Å². The SMILES string of the molecule is CSC1(CNC(=O)C(C)(C)C2CCCNC2)CC1. The molecule has 2 rings (SSSR count). The van der Waals surface area contributed by atoms with Crippen LogP contribution in [0.2, 0.25) is 0 Å². The van der Waals surface area contributed by atoms with E-state index in [9.17, 15) is 4.79 Å². The van der Waals surface area contributed by atoms with Gasteiger partial charge in [-0.1, -0.05) is 13.8 Å². The monoisotopic (exact) mass is 270 g/mol. The lowest BCUT2D eigenvalue weighted by atomic mass is 9.74. The van der Waals surface area contributed by atoms with Crippen LogP contribution in [0.25, 0.3) is 0 Å². The summed E-state index contributed by atoms with van der Waals surface area (Å²) in [6.07, 6.45) is 7.01. The zero-order valence-electron chi connectivity index (χ0n) is 11.8. The highest BCUT2D eigenvalue weighted by molar-refractivity contribution is 8.00. The molecule has 1 heterocycles. The molecule has 4 heteroatoms. The van der Waals surface area contributed by atoms with Gasteiger partial charge in [0.1, 0.15) is 0 Å². The number of nitrogens with one attached hydrogen (secondary N) is 2. The zero-order valence-corrected chi connectivity index (χ0v) is 12.7. The standard InChI is InChI=1S/C14H26N2OS/c1-13(2,11-5-4-8-15-9-11)12(17)16-10-14(18-3)6-7-14/h11,15H,4-10H2,1-3H3,(H,16,17). The van der Waals surface area contributed by atoms with Crippen LogP contribution in [0.15, 0.2) is 0 Å². The summed E-state index contributed by atoms with van der Waals surface area (Å²) >= 11 is 1.90. The van der Waals surface area contributed by atoms with E-state index in [-0.39, 0.29) is 11.3 Å². The maximum atomic E-state index is 12.4. The molecule has 104 valence electrons. The Bertz CT molecular complexity index is 307. The van der Waals surface area contributed by atoms with Crippen molar-refractivity contribution in [3.05, 3.63) is 0 Å². The van der Waals surface area contributed by atoms with Crippen molar-refractivity contribution in [3.8, 4) is 0 Å². The number of thioether (sulfide) groups is 1. The molecule has 1 aliphatic heterocycles. The third-order valence-electron chi connectivity index (χ3n) is 4.71. The van der Waals surface area contributed by atoms with Crippen molar-refractivity contribution in [2.75, 3.05) is 25.9 Å². The lowest BCUT2D eigenvalue weighted by Gasteiger charge is -2.36. The molecule has 2 N–H and O–H groups in total. The summed E-state index contributed by atoms with van der Waals surface area (Å²) in [4.78, 5) is 12.4. The fourth-order valence-corrected chi connectivity index (χ4v) is 3.44. The van der Waals surface area contributed by atoms with Crippen LogP contribution in [0.3, 0.4) is 0 Å². The van der Waals surface area contributed by atoms with Gasteiger partial charge < -0.3 is 10.6 Å². The first-order valence-corrected chi connectivity index (χ1v) is 8.27. The van der Waals surface area contributed by atoms with Gasteiger partial charge in [-0.3, -0.25) is 4.79 Å². The molecule has 0 bridgehead atoms. The Kier molecular flexibility index (Phi) is 4.27. The second-order valence-corrected chi connectivity index (χ2v) is 7.61. The Morgan fingerprint density at radius 1 is 1.50 bits per heavy atom. The fraction of sp³-hybridized carbons (Fsp3) is 0.929. The van der Waals surface area contributed by atoms with Crippen molar-refractivity contribution in [1.29, 1.82) is 0 Å². The minimum atomic E-state index is -0.248. The van der Waals surface area contributed by atoms with E-state index in [1.54, 1.807) is 0 Å². The normalized spacial score (nSPS) is 26.7. The van der Waals surface area contributed by atoms with Crippen LogP contribution in [0, 0.1) is 11.3 Å². The predicted octanol–water partition coefficient (Wildman–Crippen LogP) is 2.02. The number of piperidine rings is 1. The smallest absolute Gasteiger partial charge is 0.226 e. The van der Waals surface area contributed by atoms with Crippen molar-refractivity contribution in [2.45, 2.75) is 44.3 Å². The quantitative estimate of drug-likeness (QED) is 0.803. The summed E-state index contributed by atoms with van der Waals surface area (Å²) in [6.45, 7) is 7.12. The summed E-state index contributed by atoms with van der Waals surface area (Å²) in [5, 5.41) is 6.59. The lowest BCUT2D eigenvalue weighted by Crippen LogP contribution is -2.48. The highest BCUT2D eigenvalue weighted by Gasteiger charge is 2.44. The van der Waals surface area contributed by atoms with Gasteiger partial charge in [-0.05, 0) is 50.9 Å². The van der Waals surface area contributed by atoms with E-state index in [1.807, 2.05) is 11.8 Å². The van der Waals surface area contributed by atoms with Crippen molar-refractivity contribution >= 4 is 17.7 Å². The zero-order chi connectivity index (χ0) is 13.2. The molecule has 1 atom stereocenters. The Morgan fingerprint density at radius 2 is 2.22 bits per heavy atom. The topological polar surface area (TPSA) is 41.1 Å². The maximum Gasteiger partial charge on any atom is 0.226 e. The van der Waals surface area contributed by atoms with E-state index in [2.05, 4.69) is 30.7 Å². The molecule has 3 nitrogen and oxygen atoms in total. The molecular formula is C14H26N2OS. The Morgan fingerprint density at radius 3 is 2.72 bits per heavy atom. The van der Waals surface area contributed by atoms with Gasteiger partial charge in [0.05, 0.1) is 0 Å². The minimum absolute atomic E-state index is 0.233. The van der Waals surface area contributed by atoms with Crippen LogP contribution >= 0.6 is 11.8 Å². The third kappa shape index (κ3) is 3.02. The van der Waals surface area contributed by atoms with Gasteiger partial charge in [0.2, 0.25) is 5.91 Å². The molecule has 0 spiro atoms. The Balaban J connectivity index is 1.86. The molecule has 0 aromatic heterocycles. The van der Waals surface area contributed by atoms with E-state index >= 15 is 0 Å². The molecule has 1 amide bonds. The Labute approximate surface area is 115 Å². The highest BCUT2D eigenvalue weighted by Crippen LogP contribution is 2.46. The van der Waals surface area contributed by atoms with Crippen molar-refractivity contribution in [2.24, 2.45) is 11.3 Å². The lowest BCUT2D eigenvalue weighted by molar-refractivity contribution is -0.132. The van der Waals surface area contributed by atoms with Crippen molar-refractivity contribution in [1.82, 2.24) is 10.6 Å². The summed E-state index contributed by atoms with van der Waals surface area (Å²) in [5.41, 5.74) is -0.248. The first-order chi connectivity index (χ1) is 8.50. The third-order valence-corrected chi connectivity index (χ3v) is 6.13. The average molecular weight is 270 g/mol. The van der Waals surface area contributed by atoms with Crippen LogP contribution in [-0.2, 0) is 4.79 Å². The van der Waals surface area contributed by atoms with Crippen LogP contribution < -0.4 is 10.6 Å². The van der Waals surface area contributed by atoms with Gasteiger partial charge in [0.25, 0.3) is 0 Å². The average Bonchev–Trinajstić information content (AvgIpc) is 3.17. The summed E-state index contributed by atoms with van der Waals surface area (Å²) < 4.78 is 0.358. The molecule has 1 saturated heterocycles. The molecule has 18 heavy (non-hydrogen) atoms.